The van der Waals surface area contributed by atoms with Gasteiger partial charge in [0.1, 0.15) is 4.60 Å². The van der Waals surface area contributed by atoms with E-state index in [0.717, 1.165) is 0 Å². The molecule has 0 bridgehead atoms. The van der Waals surface area contributed by atoms with Crippen LogP contribution in [0.5, 0.6) is 0 Å². The van der Waals surface area contributed by atoms with E-state index in [4.69, 9.17) is 16.7 Å². The Labute approximate surface area is 82.5 Å². The summed E-state index contributed by atoms with van der Waals surface area (Å²) in [6.45, 7) is 0. The number of nitrogens with zero attached hydrogens (tertiary/aromatic N) is 1. The van der Waals surface area contributed by atoms with E-state index in [0.29, 0.717) is 15.2 Å². The van der Waals surface area contributed by atoms with Gasteiger partial charge in [-0.15, -0.1) is 0 Å². The van der Waals surface area contributed by atoms with E-state index in [1.165, 1.54) is 6.20 Å². The van der Waals surface area contributed by atoms with Gasteiger partial charge in [0.25, 0.3) is 0 Å². The fourth-order valence-corrected chi connectivity index (χ4v) is 1.30. The summed E-state index contributed by atoms with van der Waals surface area (Å²) < 4.78 is 0.586. The van der Waals surface area contributed by atoms with Crippen molar-refractivity contribution in [1.29, 1.82) is 0 Å². The summed E-state index contributed by atoms with van der Waals surface area (Å²) in [6.07, 6.45) is 1.34. The van der Waals surface area contributed by atoms with Gasteiger partial charge in [-0.1, -0.05) is 11.6 Å². The van der Waals surface area contributed by atoms with Gasteiger partial charge >= 0.3 is 5.97 Å². The first-order valence-electron chi connectivity index (χ1n) is 3.11. The van der Waals surface area contributed by atoms with Crippen LogP contribution in [-0.4, -0.2) is 16.1 Å². The Hall–Kier alpha value is -0.610. The van der Waals surface area contributed by atoms with Gasteiger partial charge in [-0.25, -0.2) is 4.98 Å². The van der Waals surface area contributed by atoms with Crippen LogP contribution in [0.2, 0.25) is 5.02 Å². The minimum absolute atomic E-state index is 0.0834. The summed E-state index contributed by atoms with van der Waals surface area (Å²) in [7, 11) is 0. The highest BCUT2D eigenvalue weighted by molar-refractivity contribution is 9.10. The molecule has 1 aromatic rings. The lowest BCUT2D eigenvalue weighted by atomic mass is 10.2. The monoisotopic (exact) mass is 249 g/mol. The second-order valence-electron chi connectivity index (χ2n) is 2.17. The predicted molar refractivity (Wildman–Crippen MR) is 48.3 cm³/mol. The quantitative estimate of drug-likeness (QED) is 0.818. The third-order valence-corrected chi connectivity index (χ3v) is 2.02. The fourth-order valence-electron chi connectivity index (χ4n) is 0.750. The average molecular weight is 250 g/mol. The molecule has 0 atom stereocenters. The molecule has 0 aliphatic heterocycles. The normalized spacial score (nSPS) is 9.83. The highest BCUT2D eigenvalue weighted by Crippen LogP contribution is 2.18. The Balaban J connectivity index is 2.97. The number of rotatable bonds is 2. The van der Waals surface area contributed by atoms with E-state index in [-0.39, 0.29) is 6.42 Å². The fraction of sp³-hybridized carbons (Fsp3) is 0.143. The molecule has 0 radical (unpaired) electrons. The van der Waals surface area contributed by atoms with Crippen molar-refractivity contribution in [2.24, 2.45) is 0 Å². The molecule has 1 aromatic heterocycles. The molecular formula is C7H5BrClNO2. The first-order chi connectivity index (χ1) is 5.59. The van der Waals surface area contributed by atoms with E-state index >= 15 is 0 Å². The molecule has 0 spiro atoms. The number of pyridine rings is 1. The summed E-state index contributed by atoms with van der Waals surface area (Å²) >= 11 is 8.82. The summed E-state index contributed by atoms with van der Waals surface area (Å²) in [5.41, 5.74) is 0.561. The largest absolute Gasteiger partial charge is 0.481 e. The van der Waals surface area contributed by atoms with Crippen LogP contribution < -0.4 is 0 Å². The number of hydrogen-bond acceptors (Lipinski definition) is 2. The second-order valence-corrected chi connectivity index (χ2v) is 3.39. The molecule has 5 heteroatoms. The standard InChI is InChI=1S/C7H5BrClNO2/c8-6-1-4(2-7(11)12)5(9)3-10-6/h1,3H,2H2,(H,11,12). The van der Waals surface area contributed by atoms with Crippen LogP contribution in [0.1, 0.15) is 5.56 Å². The van der Waals surface area contributed by atoms with Crippen molar-refractivity contribution in [3.63, 3.8) is 0 Å². The number of halogens is 2. The Morgan fingerprint density at radius 1 is 1.75 bits per heavy atom. The molecule has 0 aliphatic carbocycles. The van der Waals surface area contributed by atoms with Crippen LogP contribution in [0, 0.1) is 0 Å². The van der Waals surface area contributed by atoms with Crippen LogP contribution in [0.4, 0.5) is 0 Å². The van der Waals surface area contributed by atoms with E-state index in [1.807, 2.05) is 0 Å². The molecule has 0 saturated heterocycles. The molecule has 0 saturated carbocycles. The molecule has 0 fully saturated rings. The second kappa shape index (κ2) is 3.87. The Morgan fingerprint density at radius 3 is 3.00 bits per heavy atom. The summed E-state index contributed by atoms with van der Waals surface area (Å²) in [6, 6.07) is 1.59. The first-order valence-corrected chi connectivity index (χ1v) is 4.28. The van der Waals surface area contributed by atoms with Crippen molar-refractivity contribution >= 4 is 33.5 Å². The molecular weight excluding hydrogens is 245 g/mol. The van der Waals surface area contributed by atoms with E-state index in [2.05, 4.69) is 20.9 Å². The van der Waals surface area contributed by atoms with Crippen molar-refractivity contribution in [2.75, 3.05) is 0 Å². The Bertz CT molecular complexity index is 316. The van der Waals surface area contributed by atoms with Crippen LogP contribution in [0.25, 0.3) is 0 Å². The van der Waals surface area contributed by atoms with Gasteiger partial charge in [0.15, 0.2) is 0 Å². The van der Waals surface area contributed by atoms with E-state index in [9.17, 15) is 4.79 Å². The van der Waals surface area contributed by atoms with Crippen molar-refractivity contribution in [2.45, 2.75) is 6.42 Å². The maximum Gasteiger partial charge on any atom is 0.307 e. The Kier molecular flexibility index (Phi) is 3.05. The molecule has 1 rings (SSSR count). The van der Waals surface area contributed by atoms with Gasteiger partial charge in [-0.05, 0) is 27.6 Å². The molecule has 0 amide bonds. The van der Waals surface area contributed by atoms with Gasteiger partial charge in [-0.2, -0.15) is 0 Å². The molecule has 3 nitrogen and oxygen atoms in total. The van der Waals surface area contributed by atoms with Crippen molar-refractivity contribution < 1.29 is 9.90 Å². The molecule has 0 aliphatic rings. The molecule has 64 valence electrons. The lowest BCUT2D eigenvalue weighted by molar-refractivity contribution is -0.136. The van der Waals surface area contributed by atoms with E-state index in [1.54, 1.807) is 6.07 Å². The lowest BCUT2D eigenvalue weighted by Crippen LogP contribution is -2.00. The number of carboxylic acids is 1. The van der Waals surface area contributed by atoms with Crippen LogP contribution >= 0.6 is 27.5 Å². The number of carboxylic acid groups (broad SMARTS) is 1. The highest BCUT2D eigenvalue weighted by Gasteiger charge is 2.05. The van der Waals surface area contributed by atoms with Crippen LogP contribution in [0.15, 0.2) is 16.9 Å². The Morgan fingerprint density at radius 2 is 2.42 bits per heavy atom. The minimum Gasteiger partial charge on any atom is -0.481 e. The third-order valence-electron chi connectivity index (χ3n) is 1.24. The van der Waals surface area contributed by atoms with Gasteiger partial charge in [0.05, 0.1) is 11.4 Å². The molecule has 12 heavy (non-hydrogen) atoms. The average Bonchev–Trinajstić information content (AvgIpc) is 1.96. The van der Waals surface area contributed by atoms with Gasteiger partial charge < -0.3 is 5.11 Å². The van der Waals surface area contributed by atoms with E-state index < -0.39 is 5.97 Å². The molecule has 0 aromatic carbocycles. The van der Waals surface area contributed by atoms with Crippen molar-refractivity contribution in [1.82, 2.24) is 4.98 Å². The summed E-state index contributed by atoms with van der Waals surface area (Å²) in [5.74, 6) is -0.907. The van der Waals surface area contributed by atoms with Gasteiger partial charge in [0, 0.05) is 6.20 Å². The SMILES string of the molecule is O=C(O)Cc1cc(Br)ncc1Cl. The number of aromatic nitrogens is 1. The topological polar surface area (TPSA) is 50.2 Å². The van der Waals surface area contributed by atoms with Gasteiger partial charge in [0.2, 0.25) is 0 Å². The zero-order valence-electron chi connectivity index (χ0n) is 5.92. The van der Waals surface area contributed by atoms with Crippen LogP contribution in [0.3, 0.4) is 0 Å². The molecule has 1 N–H and O–H groups in total. The predicted octanol–water partition coefficient (Wildman–Crippen LogP) is 2.12. The number of carbonyl (C=O) groups is 1. The van der Waals surface area contributed by atoms with Crippen LogP contribution in [-0.2, 0) is 11.2 Å². The lowest BCUT2D eigenvalue weighted by Gasteiger charge is -1.99. The summed E-state index contributed by atoms with van der Waals surface area (Å²) in [5, 5.41) is 8.86. The third kappa shape index (κ3) is 2.46. The minimum atomic E-state index is -0.907. The smallest absolute Gasteiger partial charge is 0.307 e. The first kappa shape index (κ1) is 9.48. The zero-order valence-corrected chi connectivity index (χ0v) is 8.26. The van der Waals surface area contributed by atoms with Crippen molar-refractivity contribution in [3.8, 4) is 0 Å². The highest BCUT2D eigenvalue weighted by atomic mass is 79.9. The number of aliphatic carboxylic acids is 1. The maximum absolute atomic E-state index is 10.3. The van der Waals surface area contributed by atoms with Crippen molar-refractivity contribution in [3.05, 3.63) is 27.5 Å². The maximum atomic E-state index is 10.3. The van der Waals surface area contributed by atoms with Gasteiger partial charge in [-0.3, -0.25) is 4.79 Å². The molecule has 1 heterocycles. The zero-order chi connectivity index (χ0) is 9.14. The number of hydrogen-bond donors (Lipinski definition) is 1. The molecule has 0 unspecified atom stereocenters. The summed E-state index contributed by atoms with van der Waals surface area (Å²) in [4.78, 5) is 14.2.